The first-order valence-corrected chi connectivity index (χ1v) is 9.59. The summed E-state index contributed by atoms with van der Waals surface area (Å²) in [6.45, 7) is 11.5. The van der Waals surface area contributed by atoms with Gasteiger partial charge in [0.15, 0.2) is 0 Å². The molecule has 0 N–H and O–H groups in total. The van der Waals surface area contributed by atoms with Crippen LogP contribution in [0.4, 0.5) is 0 Å². The molecule has 1 aliphatic rings. The summed E-state index contributed by atoms with van der Waals surface area (Å²) >= 11 is 0. The largest absolute Gasteiger partial charge is 0.550 e. The van der Waals surface area contributed by atoms with E-state index in [0.717, 1.165) is 6.92 Å². The standard InChI is InChI=1S/C17H36N.C2H4O2/c1-3-5-6-7-8-9-10-11-15-18(14-4-2)16-12-13-17-18;1-2(3)4/h3-17H2,1-2H3;1H3,(H,3,4)/q+1;/p-1. The van der Waals surface area contributed by atoms with E-state index in [9.17, 15) is 0 Å². The summed E-state index contributed by atoms with van der Waals surface area (Å²) in [7, 11) is 0. The number of likely N-dealkylation sites (tertiary alicyclic amines) is 1. The van der Waals surface area contributed by atoms with Crippen LogP contribution in [0.25, 0.3) is 0 Å². The number of aliphatic carboxylic acids is 1. The van der Waals surface area contributed by atoms with Gasteiger partial charge in [-0.1, -0.05) is 52.4 Å². The number of quaternary nitrogens is 1. The van der Waals surface area contributed by atoms with E-state index in [2.05, 4.69) is 13.8 Å². The summed E-state index contributed by atoms with van der Waals surface area (Å²) in [6.07, 6.45) is 16.0. The second kappa shape index (κ2) is 14.0. The van der Waals surface area contributed by atoms with Gasteiger partial charge in [0.05, 0.1) is 26.2 Å². The van der Waals surface area contributed by atoms with Crippen molar-refractivity contribution in [3.63, 3.8) is 0 Å². The van der Waals surface area contributed by atoms with Crippen LogP contribution in [0.15, 0.2) is 0 Å². The average Bonchev–Trinajstić information content (AvgIpc) is 2.90. The highest BCUT2D eigenvalue weighted by molar-refractivity contribution is 5.60. The third-order valence-electron chi connectivity index (χ3n) is 4.70. The number of rotatable bonds is 11. The second-order valence-electron chi connectivity index (χ2n) is 6.91. The molecule has 0 unspecified atom stereocenters. The van der Waals surface area contributed by atoms with Gasteiger partial charge < -0.3 is 14.4 Å². The number of carboxylic acid groups (broad SMARTS) is 1. The lowest BCUT2D eigenvalue weighted by molar-refractivity contribution is -0.917. The molecule has 132 valence electrons. The number of nitrogens with zero attached hydrogens (tertiary/aromatic N) is 1. The first-order chi connectivity index (χ1) is 10.6. The van der Waals surface area contributed by atoms with Crippen LogP contribution >= 0.6 is 0 Å². The number of hydrogen-bond acceptors (Lipinski definition) is 2. The van der Waals surface area contributed by atoms with Crippen LogP contribution < -0.4 is 5.11 Å². The predicted molar refractivity (Wildman–Crippen MR) is 92.5 cm³/mol. The molecule has 0 atom stereocenters. The smallest absolute Gasteiger partial charge is 0.0788 e. The van der Waals surface area contributed by atoms with Crippen molar-refractivity contribution in [3.05, 3.63) is 0 Å². The molecule has 22 heavy (non-hydrogen) atoms. The fourth-order valence-corrected chi connectivity index (χ4v) is 3.62. The van der Waals surface area contributed by atoms with Crippen molar-refractivity contribution in [1.29, 1.82) is 0 Å². The zero-order chi connectivity index (χ0) is 16.7. The minimum atomic E-state index is -1.08. The van der Waals surface area contributed by atoms with E-state index in [1.807, 2.05) is 0 Å². The molecule has 0 aromatic rings. The summed E-state index contributed by atoms with van der Waals surface area (Å²) in [5, 5.41) is 8.89. The van der Waals surface area contributed by atoms with Crippen molar-refractivity contribution < 1.29 is 14.4 Å². The minimum absolute atomic E-state index is 0.972. The fourth-order valence-electron chi connectivity index (χ4n) is 3.62. The molecular weight excluding hydrogens is 274 g/mol. The Labute approximate surface area is 138 Å². The number of unbranched alkanes of at least 4 members (excludes halogenated alkanes) is 7. The SMILES string of the molecule is CC(=O)[O-].CCCCCCCCCC[N+]1(CCC)CCCC1. The lowest BCUT2D eigenvalue weighted by Crippen LogP contribution is -2.46. The number of carboxylic acids is 1. The van der Waals surface area contributed by atoms with Crippen LogP contribution in [-0.4, -0.2) is 36.6 Å². The van der Waals surface area contributed by atoms with Crippen molar-refractivity contribution in [3.8, 4) is 0 Å². The molecule has 1 heterocycles. The zero-order valence-corrected chi connectivity index (χ0v) is 15.4. The van der Waals surface area contributed by atoms with Crippen LogP contribution in [0.5, 0.6) is 0 Å². The van der Waals surface area contributed by atoms with Gasteiger partial charge in [0.25, 0.3) is 0 Å². The molecule has 0 spiro atoms. The number of hydrogen-bond donors (Lipinski definition) is 0. The highest BCUT2D eigenvalue weighted by atomic mass is 16.4. The quantitative estimate of drug-likeness (QED) is 0.429. The van der Waals surface area contributed by atoms with E-state index in [-0.39, 0.29) is 0 Å². The minimum Gasteiger partial charge on any atom is -0.550 e. The average molecular weight is 314 g/mol. The molecule has 0 bridgehead atoms. The predicted octanol–water partition coefficient (Wildman–Crippen LogP) is 3.90. The fraction of sp³-hybridized carbons (Fsp3) is 0.947. The van der Waals surface area contributed by atoms with Crippen LogP contribution in [-0.2, 0) is 4.79 Å². The molecule has 0 saturated carbocycles. The highest BCUT2D eigenvalue weighted by Gasteiger charge is 2.29. The highest BCUT2D eigenvalue weighted by Crippen LogP contribution is 2.21. The van der Waals surface area contributed by atoms with Gasteiger partial charge in [-0.2, -0.15) is 0 Å². The lowest BCUT2D eigenvalue weighted by atomic mass is 10.1. The lowest BCUT2D eigenvalue weighted by Gasteiger charge is -2.34. The molecule has 0 aliphatic carbocycles. The Morgan fingerprint density at radius 1 is 0.818 bits per heavy atom. The van der Waals surface area contributed by atoms with Gasteiger partial charge in [-0.3, -0.25) is 0 Å². The molecule has 0 radical (unpaired) electrons. The summed E-state index contributed by atoms with van der Waals surface area (Å²) < 4.78 is 1.46. The Bertz CT molecular complexity index is 256. The molecule has 3 heteroatoms. The summed E-state index contributed by atoms with van der Waals surface area (Å²) in [4.78, 5) is 8.89. The van der Waals surface area contributed by atoms with Gasteiger partial charge in [-0.25, -0.2) is 0 Å². The van der Waals surface area contributed by atoms with Crippen molar-refractivity contribution in [2.75, 3.05) is 26.2 Å². The summed E-state index contributed by atoms with van der Waals surface area (Å²) in [5.41, 5.74) is 0. The number of carbonyl (C=O) groups excluding carboxylic acids is 1. The van der Waals surface area contributed by atoms with Crippen LogP contribution in [0.3, 0.4) is 0 Å². The Hall–Kier alpha value is -0.570. The normalized spacial score (nSPS) is 16.1. The Kier molecular flexibility index (Phi) is 13.7. The van der Waals surface area contributed by atoms with Crippen molar-refractivity contribution in [2.24, 2.45) is 0 Å². The van der Waals surface area contributed by atoms with Gasteiger partial charge in [-0.05, 0) is 26.2 Å². The molecule has 3 nitrogen and oxygen atoms in total. The van der Waals surface area contributed by atoms with E-state index in [1.165, 1.54) is 101 Å². The van der Waals surface area contributed by atoms with E-state index >= 15 is 0 Å². The van der Waals surface area contributed by atoms with Crippen molar-refractivity contribution in [2.45, 2.75) is 91.4 Å². The first-order valence-electron chi connectivity index (χ1n) is 9.59. The number of carbonyl (C=O) groups is 1. The van der Waals surface area contributed by atoms with Gasteiger partial charge in [0, 0.05) is 18.8 Å². The van der Waals surface area contributed by atoms with E-state index in [4.69, 9.17) is 9.90 Å². The summed E-state index contributed by atoms with van der Waals surface area (Å²) in [5.74, 6) is -1.08. The molecule has 1 saturated heterocycles. The van der Waals surface area contributed by atoms with Gasteiger partial charge in [0.2, 0.25) is 0 Å². The van der Waals surface area contributed by atoms with Gasteiger partial charge in [0.1, 0.15) is 0 Å². The third kappa shape index (κ3) is 12.0. The van der Waals surface area contributed by atoms with Crippen LogP contribution in [0, 0.1) is 0 Å². The van der Waals surface area contributed by atoms with Crippen LogP contribution in [0.1, 0.15) is 91.4 Å². The van der Waals surface area contributed by atoms with E-state index in [1.54, 1.807) is 0 Å². The Morgan fingerprint density at radius 2 is 1.27 bits per heavy atom. The monoisotopic (exact) mass is 313 g/mol. The molecular formula is C19H39NO2. The first kappa shape index (κ1) is 21.4. The third-order valence-corrected chi connectivity index (χ3v) is 4.70. The Morgan fingerprint density at radius 3 is 1.73 bits per heavy atom. The van der Waals surface area contributed by atoms with Crippen molar-refractivity contribution >= 4 is 5.97 Å². The maximum Gasteiger partial charge on any atom is 0.0788 e. The molecule has 0 aromatic carbocycles. The van der Waals surface area contributed by atoms with E-state index < -0.39 is 5.97 Å². The Balaban J connectivity index is 0.000000980. The molecule has 0 aromatic heterocycles. The topological polar surface area (TPSA) is 40.1 Å². The van der Waals surface area contributed by atoms with Gasteiger partial charge >= 0.3 is 0 Å². The zero-order valence-electron chi connectivity index (χ0n) is 15.4. The maximum absolute atomic E-state index is 8.89. The second-order valence-corrected chi connectivity index (χ2v) is 6.91. The van der Waals surface area contributed by atoms with E-state index in [0.29, 0.717) is 0 Å². The van der Waals surface area contributed by atoms with Crippen molar-refractivity contribution in [1.82, 2.24) is 0 Å². The molecule has 1 aliphatic heterocycles. The molecule has 1 rings (SSSR count). The maximum atomic E-state index is 8.89. The molecule has 1 fully saturated rings. The molecule has 0 amide bonds. The summed E-state index contributed by atoms with van der Waals surface area (Å²) in [6, 6.07) is 0. The van der Waals surface area contributed by atoms with Crippen LogP contribution in [0.2, 0.25) is 0 Å². The van der Waals surface area contributed by atoms with Gasteiger partial charge in [-0.15, -0.1) is 0 Å².